The van der Waals surface area contributed by atoms with Gasteiger partial charge in [0.2, 0.25) is 0 Å². The molecule has 2 heterocycles. The van der Waals surface area contributed by atoms with Gasteiger partial charge in [-0.15, -0.1) is 9.60 Å². The van der Waals surface area contributed by atoms with Gasteiger partial charge < -0.3 is 9.64 Å². The van der Waals surface area contributed by atoms with E-state index >= 15 is 0 Å². The third-order valence-electron chi connectivity index (χ3n) is 4.02. The zero-order chi connectivity index (χ0) is 12.1. The molecular formula is C13H25FN2O. The van der Waals surface area contributed by atoms with Crippen LogP contribution in [0.15, 0.2) is 0 Å². The fourth-order valence-electron chi connectivity index (χ4n) is 2.63. The SMILES string of the molecule is CC1CCN(CCOC2CCN(F)CC2)CC1. The van der Waals surface area contributed by atoms with Gasteiger partial charge in [0.1, 0.15) is 0 Å². The lowest BCUT2D eigenvalue weighted by Gasteiger charge is -2.31. The molecule has 3 nitrogen and oxygen atoms in total. The van der Waals surface area contributed by atoms with Gasteiger partial charge in [0.25, 0.3) is 0 Å². The molecule has 0 N–H and O–H groups in total. The van der Waals surface area contributed by atoms with Crippen LogP contribution in [-0.4, -0.2) is 55.5 Å². The van der Waals surface area contributed by atoms with E-state index in [0.717, 1.165) is 37.0 Å². The van der Waals surface area contributed by atoms with Crippen molar-refractivity contribution in [1.82, 2.24) is 10.0 Å². The number of halogens is 1. The maximum Gasteiger partial charge on any atom is 0.0602 e. The third-order valence-corrected chi connectivity index (χ3v) is 4.02. The highest BCUT2D eigenvalue weighted by Crippen LogP contribution is 2.16. The lowest BCUT2D eigenvalue weighted by Crippen LogP contribution is -2.37. The Labute approximate surface area is 104 Å². The summed E-state index contributed by atoms with van der Waals surface area (Å²) in [5, 5.41) is 0.895. The zero-order valence-corrected chi connectivity index (χ0v) is 10.9. The molecule has 0 amide bonds. The first-order valence-electron chi connectivity index (χ1n) is 6.98. The van der Waals surface area contributed by atoms with E-state index in [1.54, 1.807) is 0 Å². The van der Waals surface area contributed by atoms with Crippen LogP contribution in [0.5, 0.6) is 0 Å². The first-order chi connectivity index (χ1) is 8.24. The minimum atomic E-state index is 0.283. The molecule has 0 bridgehead atoms. The van der Waals surface area contributed by atoms with Crippen molar-refractivity contribution in [1.29, 1.82) is 0 Å². The highest BCUT2D eigenvalue weighted by atomic mass is 19.2. The second-order valence-electron chi connectivity index (χ2n) is 5.50. The standard InChI is InChI=1S/C13H25FN2O/c1-12-2-6-15(7-3-12)10-11-17-13-4-8-16(14)9-5-13/h12-13H,2-11H2,1H3. The van der Waals surface area contributed by atoms with Gasteiger partial charge in [-0.1, -0.05) is 6.92 Å². The Bertz CT molecular complexity index is 189. The van der Waals surface area contributed by atoms with Gasteiger partial charge in [-0.2, -0.15) is 0 Å². The van der Waals surface area contributed by atoms with Crippen molar-refractivity contribution < 1.29 is 9.22 Å². The summed E-state index contributed by atoms with van der Waals surface area (Å²) in [4.78, 5) is 2.49. The quantitative estimate of drug-likeness (QED) is 0.704. The van der Waals surface area contributed by atoms with Crippen LogP contribution in [0.3, 0.4) is 0 Å². The summed E-state index contributed by atoms with van der Waals surface area (Å²) in [5.74, 6) is 0.890. The van der Waals surface area contributed by atoms with Crippen molar-refractivity contribution in [3.63, 3.8) is 0 Å². The molecule has 2 rings (SSSR count). The molecule has 0 aliphatic carbocycles. The molecule has 2 saturated heterocycles. The molecule has 2 fully saturated rings. The van der Waals surface area contributed by atoms with E-state index in [0.29, 0.717) is 13.1 Å². The Morgan fingerprint density at radius 1 is 1.06 bits per heavy atom. The van der Waals surface area contributed by atoms with Crippen LogP contribution in [0.1, 0.15) is 32.6 Å². The maximum atomic E-state index is 12.8. The lowest BCUT2D eigenvalue weighted by atomic mass is 9.99. The highest BCUT2D eigenvalue weighted by molar-refractivity contribution is 4.71. The molecule has 0 aromatic heterocycles. The predicted octanol–water partition coefficient (Wildman–Crippen LogP) is 2.08. The molecule has 0 aromatic carbocycles. The Morgan fingerprint density at radius 3 is 2.35 bits per heavy atom. The van der Waals surface area contributed by atoms with Gasteiger partial charge in [-0.05, 0) is 44.7 Å². The number of hydrogen-bond acceptors (Lipinski definition) is 3. The van der Waals surface area contributed by atoms with Gasteiger partial charge in [-0.25, -0.2) is 0 Å². The van der Waals surface area contributed by atoms with Crippen LogP contribution in [0.2, 0.25) is 0 Å². The molecule has 0 atom stereocenters. The van der Waals surface area contributed by atoms with Crippen molar-refractivity contribution in [2.75, 3.05) is 39.3 Å². The number of hydrogen-bond donors (Lipinski definition) is 0. The summed E-state index contributed by atoms with van der Waals surface area (Å²) in [6.07, 6.45) is 4.60. The van der Waals surface area contributed by atoms with Crippen molar-refractivity contribution in [3.8, 4) is 0 Å². The smallest absolute Gasteiger partial charge is 0.0602 e. The fourth-order valence-corrected chi connectivity index (χ4v) is 2.63. The first kappa shape index (κ1) is 13.2. The van der Waals surface area contributed by atoms with E-state index < -0.39 is 0 Å². The third kappa shape index (κ3) is 4.53. The minimum absolute atomic E-state index is 0.283. The van der Waals surface area contributed by atoms with Gasteiger partial charge in [0.15, 0.2) is 0 Å². The molecule has 0 unspecified atom stereocenters. The average Bonchev–Trinajstić information content (AvgIpc) is 2.34. The Kier molecular flexibility index (Phi) is 5.19. The van der Waals surface area contributed by atoms with Crippen LogP contribution < -0.4 is 0 Å². The van der Waals surface area contributed by atoms with Crippen molar-refractivity contribution in [3.05, 3.63) is 0 Å². The monoisotopic (exact) mass is 244 g/mol. The van der Waals surface area contributed by atoms with Gasteiger partial charge >= 0.3 is 0 Å². The van der Waals surface area contributed by atoms with Gasteiger partial charge in [0, 0.05) is 19.6 Å². The topological polar surface area (TPSA) is 15.7 Å². The first-order valence-corrected chi connectivity index (χ1v) is 6.98. The van der Waals surface area contributed by atoms with E-state index in [1.807, 2.05) is 0 Å². The average molecular weight is 244 g/mol. The van der Waals surface area contributed by atoms with E-state index in [4.69, 9.17) is 4.74 Å². The maximum absolute atomic E-state index is 12.8. The van der Waals surface area contributed by atoms with Crippen LogP contribution >= 0.6 is 0 Å². The Hall–Kier alpha value is -0.190. The molecule has 17 heavy (non-hydrogen) atoms. The zero-order valence-electron chi connectivity index (χ0n) is 10.9. The minimum Gasteiger partial charge on any atom is -0.377 e. The highest BCUT2D eigenvalue weighted by Gasteiger charge is 2.20. The largest absolute Gasteiger partial charge is 0.377 e. The fraction of sp³-hybridized carbons (Fsp3) is 1.00. The summed E-state index contributed by atoms with van der Waals surface area (Å²) in [6.45, 7) is 7.69. The number of rotatable bonds is 4. The van der Waals surface area contributed by atoms with Gasteiger partial charge in [0.05, 0.1) is 12.7 Å². The molecule has 0 radical (unpaired) electrons. The van der Waals surface area contributed by atoms with Crippen LogP contribution in [0, 0.1) is 5.92 Å². The van der Waals surface area contributed by atoms with Crippen molar-refractivity contribution >= 4 is 0 Å². The van der Waals surface area contributed by atoms with Crippen molar-refractivity contribution in [2.45, 2.75) is 38.7 Å². The molecule has 0 aromatic rings. The molecule has 2 aliphatic heterocycles. The van der Waals surface area contributed by atoms with Gasteiger partial charge in [-0.3, -0.25) is 0 Å². The van der Waals surface area contributed by atoms with E-state index in [1.165, 1.54) is 25.9 Å². The van der Waals surface area contributed by atoms with E-state index in [2.05, 4.69) is 11.8 Å². The summed E-state index contributed by atoms with van der Waals surface area (Å²) in [6, 6.07) is 0. The van der Waals surface area contributed by atoms with Crippen LogP contribution in [0.25, 0.3) is 0 Å². The summed E-state index contributed by atoms with van der Waals surface area (Å²) < 4.78 is 18.6. The number of ether oxygens (including phenoxy) is 1. The molecule has 0 spiro atoms. The summed E-state index contributed by atoms with van der Waals surface area (Å²) >= 11 is 0. The van der Waals surface area contributed by atoms with E-state index in [-0.39, 0.29) is 6.10 Å². The number of likely N-dealkylation sites (tertiary alicyclic amines) is 1. The number of piperidine rings is 2. The number of nitrogens with zero attached hydrogens (tertiary/aromatic N) is 2. The van der Waals surface area contributed by atoms with Crippen molar-refractivity contribution in [2.24, 2.45) is 5.92 Å². The molecule has 100 valence electrons. The second kappa shape index (κ2) is 6.66. The normalized spacial score (nSPS) is 26.5. The van der Waals surface area contributed by atoms with Crippen LogP contribution in [0.4, 0.5) is 4.48 Å². The molecular weight excluding hydrogens is 219 g/mol. The Balaban J connectivity index is 1.54. The lowest BCUT2D eigenvalue weighted by molar-refractivity contribution is -0.0608. The second-order valence-corrected chi connectivity index (χ2v) is 5.50. The Morgan fingerprint density at radius 2 is 1.71 bits per heavy atom. The molecule has 0 saturated carbocycles. The van der Waals surface area contributed by atoms with E-state index in [9.17, 15) is 4.48 Å². The molecule has 2 aliphatic rings. The van der Waals surface area contributed by atoms with Crippen LogP contribution in [-0.2, 0) is 4.74 Å². The summed E-state index contributed by atoms with van der Waals surface area (Å²) in [5.41, 5.74) is 0. The summed E-state index contributed by atoms with van der Waals surface area (Å²) in [7, 11) is 0. The molecule has 4 heteroatoms. The predicted molar refractivity (Wildman–Crippen MR) is 66.5 cm³/mol.